The lowest BCUT2D eigenvalue weighted by Gasteiger charge is -2.11. The smallest absolute Gasteiger partial charge is 0.123 e. The second kappa shape index (κ2) is 6.57. The van der Waals surface area contributed by atoms with Crippen molar-refractivity contribution >= 4 is 0 Å². The molecule has 2 rings (SSSR count). The van der Waals surface area contributed by atoms with E-state index in [-0.39, 0.29) is 0 Å². The molecule has 0 atom stereocenters. The van der Waals surface area contributed by atoms with E-state index in [1.54, 1.807) is 7.11 Å². The zero-order valence-electron chi connectivity index (χ0n) is 12.7. The molecule has 0 aliphatic heterocycles. The lowest BCUT2D eigenvalue weighted by molar-refractivity contribution is 0.408. The van der Waals surface area contributed by atoms with Gasteiger partial charge in [0.25, 0.3) is 0 Å². The Labute approximate surface area is 120 Å². The molecule has 1 aromatic carbocycles. The van der Waals surface area contributed by atoms with Gasteiger partial charge in [-0.1, -0.05) is 13.0 Å². The van der Waals surface area contributed by atoms with Crippen LogP contribution in [0.2, 0.25) is 0 Å². The molecule has 4 heteroatoms. The Morgan fingerprint density at radius 1 is 1.35 bits per heavy atom. The lowest BCUT2D eigenvalue weighted by Crippen LogP contribution is -2.14. The quantitative estimate of drug-likeness (QED) is 0.823. The van der Waals surface area contributed by atoms with Gasteiger partial charge in [-0.05, 0) is 37.6 Å². The van der Waals surface area contributed by atoms with Gasteiger partial charge in [0.15, 0.2) is 0 Å². The summed E-state index contributed by atoms with van der Waals surface area (Å²) in [5.41, 5.74) is 4.71. The minimum Gasteiger partial charge on any atom is -0.496 e. The molecule has 108 valence electrons. The van der Waals surface area contributed by atoms with Crippen molar-refractivity contribution in [3.8, 4) is 16.9 Å². The van der Waals surface area contributed by atoms with E-state index >= 15 is 0 Å². The number of nitrogens with one attached hydrogen (secondary N) is 1. The summed E-state index contributed by atoms with van der Waals surface area (Å²) in [6.07, 6.45) is 3.05. The van der Waals surface area contributed by atoms with Gasteiger partial charge in [-0.25, -0.2) is 0 Å². The van der Waals surface area contributed by atoms with Crippen LogP contribution < -0.4 is 10.1 Å². The summed E-state index contributed by atoms with van der Waals surface area (Å²) >= 11 is 0. The molecule has 4 nitrogen and oxygen atoms in total. The van der Waals surface area contributed by atoms with Crippen molar-refractivity contribution in [2.45, 2.75) is 26.8 Å². The Morgan fingerprint density at radius 3 is 2.75 bits per heavy atom. The van der Waals surface area contributed by atoms with Crippen LogP contribution in [-0.2, 0) is 13.6 Å². The number of hydrogen-bond acceptors (Lipinski definition) is 3. The van der Waals surface area contributed by atoms with E-state index < -0.39 is 0 Å². The first-order valence-electron chi connectivity index (χ1n) is 7.04. The summed E-state index contributed by atoms with van der Waals surface area (Å²) < 4.78 is 7.34. The average Bonchev–Trinajstić information content (AvgIpc) is 2.79. The highest BCUT2D eigenvalue weighted by Gasteiger charge is 2.10. The van der Waals surface area contributed by atoms with Crippen LogP contribution in [-0.4, -0.2) is 23.4 Å². The number of ether oxygens (including phenoxy) is 1. The standard InChI is InChI=1S/C16H23N3O/c1-5-8-17-10-14-9-13(6-7-16(14)20-4)15-11-18-19(3)12(15)2/h6-7,9,11,17H,5,8,10H2,1-4H3. The number of aromatic nitrogens is 2. The fourth-order valence-electron chi connectivity index (χ4n) is 2.27. The monoisotopic (exact) mass is 273 g/mol. The fraction of sp³-hybridized carbons (Fsp3) is 0.438. The van der Waals surface area contributed by atoms with Crippen LogP contribution in [0, 0.1) is 6.92 Å². The van der Waals surface area contributed by atoms with Crippen LogP contribution in [0.5, 0.6) is 5.75 Å². The van der Waals surface area contributed by atoms with Crippen molar-refractivity contribution in [2.24, 2.45) is 7.05 Å². The highest BCUT2D eigenvalue weighted by molar-refractivity contribution is 5.67. The molecule has 0 amide bonds. The normalized spacial score (nSPS) is 10.8. The van der Waals surface area contributed by atoms with Crippen LogP contribution in [0.15, 0.2) is 24.4 Å². The van der Waals surface area contributed by atoms with Crippen LogP contribution in [0.25, 0.3) is 11.1 Å². The number of benzene rings is 1. The first-order chi connectivity index (χ1) is 9.67. The summed E-state index contributed by atoms with van der Waals surface area (Å²) in [5, 5.41) is 7.73. The van der Waals surface area contributed by atoms with Gasteiger partial charge in [0.1, 0.15) is 5.75 Å². The topological polar surface area (TPSA) is 39.1 Å². The highest BCUT2D eigenvalue weighted by atomic mass is 16.5. The van der Waals surface area contributed by atoms with E-state index in [1.807, 2.05) is 24.0 Å². The Kier molecular flexibility index (Phi) is 4.79. The van der Waals surface area contributed by atoms with Crippen molar-refractivity contribution in [1.29, 1.82) is 0 Å². The number of aryl methyl sites for hydroxylation is 1. The zero-order chi connectivity index (χ0) is 14.5. The Morgan fingerprint density at radius 2 is 2.15 bits per heavy atom. The molecule has 0 saturated heterocycles. The summed E-state index contributed by atoms with van der Waals surface area (Å²) in [5.74, 6) is 0.930. The second-order valence-electron chi connectivity index (χ2n) is 4.97. The number of rotatable bonds is 6. The van der Waals surface area contributed by atoms with E-state index in [4.69, 9.17) is 4.74 Å². The summed E-state index contributed by atoms with van der Waals surface area (Å²) in [6.45, 7) is 6.09. The van der Waals surface area contributed by atoms with Gasteiger partial charge in [-0.3, -0.25) is 4.68 Å². The Balaban J connectivity index is 2.31. The number of nitrogens with zero attached hydrogens (tertiary/aromatic N) is 2. The van der Waals surface area contributed by atoms with Crippen LogP contribution in [0.3, 0.4) is 0 Å². The molecular formula is C16H23N3O. The molecule has 1 heterocycles. The van der Waals surface area contributed by atoms with Crippen molar-refractivity contribution in [2.75, 3.05) is 13.7 Å². The van der Waals surface area contributed by atoms with E-state index in [2.05, 4.69) is 36.4 Å². The summed E-state index contributed by atoms with van der Waals surface area (Å²) in [6, 6.07) is 6.31. The maximum absolute atomic E-state index is 5.44. The third-order valence-corrected chi connectivity index (χ3v) is 3.57. The molecule has 20 heavy (non-hydrogen) atoms. The lowest BCUT2D eigenvalue weighted by atomic mass is 10.0. The largest absolute Gasteiger partial charge is 0.496 e. The molecule has 1 aromatic heterocycles. The Bertz CT molecular complexity index is 575. The Hall–Kier alpha value is -1.81. The second-order valence-corrected chi connectivity index (χ2v) is 4.97. The van der Waals surface area contributed by atoms with Gasteiger partial charge < -0.3 is 10.1 Å². The van der Waals surface area contributed by atoms with Gasteiger partial charge in [0, 0.05) is 30.4 Å². The van der Waals surface area contributed by atoms with Gasteiger partial charge in [-0.2, -0.15) is 5.10 Å². The summed E-state index contributed by atoms with van der Waals surface area (Å²) in [7, 11) is 3.68. The third kappa shape index (κ3) is 3.02. The van der Waals surface area contributed by atoms with Crippen LogP contribution in [0.4, 0.5) is 0 Å². The van der Waals surface area contributed by atoms with E-state index in [1.165, 1.54) is 22.4 Å². The molecule has 0 fully saturated rings. The molecule has 0 bridgehead atoms. The predicted molar refractivity (Wildman–Crippen MR) is 81.9 cm³/mol. The van der Waals surface area contributed by atoms with Crippen molar-refractivity contribution < 1.29 is 4.74 Å². The molecule has 0 unspecified atom stereocenters. The zero-order valence-corrected chi connectivity index (χ0v) is 12.7. The number of methoxy groups -OCH3 is 1. The first kappa shape index (κ1) is 14.6. The molecule has 0 aliphatic carbocycles. The van der Waals surface area contributed by atoms with Crippen LogP contribution in [0.1, 0.15) is 24.6 Å². The molecule has 0 aliphatic rings. The fourth-order valence-corrected chi connectivity index (χ4v) is 2.27. The molecule has 0 radical (unpaired) electrons. The average molecular weight is 273 g/mol. The minimum absolute atomic E-state index is 0.824. The maximum atomic E-state index is 5.44. The molecule has 2 aromatic rings. The predicted octanol–water partition coefficient (Wildman–Crippen LogP) is 2.90. The molecule has 0 saturated carbocycles. The highest BCUT2D eigenvalue weighted by Crippen LogP contribution is 2.28. The molecular weight excluding hydrogens is 250 g/mol. The van der Waals surface area contributed by atoms with Crippen molar-refractivity contribution in [3.63, 3.8) is 0 Å². The third-order valence-electron chi connectivity index (χ3n) is 3.57. The maximum Gasteiger partial charge on any atom is 0.123 e. The van der Waals surface area contributed by atoms with Gasteiger partial charge >= 0.3 is 0 Å². The van der Waals surface area contributed by atoms with Crippen molar-refractivity contribution in [3.05, 3.63) is 35.7 Å². The van der Waals surface area contributed by atoms with E-state index in [0.717, 1.165) is 25.3 Å². The van der Waals surface area contributed by atoms with Gasteiger partial charge in [-0.15, -0.1) is 0 Å². The van der Waals surface area contributed by atoms with Crippen molar-refractivity contribution in [1.82, 2.24) is 15.1 Å². The van der Waals surface area contributed by atoms with Gasteiger partial charge in [0.2, 0.25) is 0 Å². The van der Waals surface area contributed by atoms with E-state index in [0.29, 0.717) is 0 Å². The molecule has 1 N–H and O–H groups in total. The van der Waals surface area contributed by atoms with Gasteiger partial charge in [0.05, 0.1) is 13.3 Å². The van der Waals surface area contributed by atoms with Crippen LogP contribution >= 0.6 is 0 Å². The summed E-state index contributed by atoms with van der Waals surface area (Å²) in [4.78, 5) is 0. The first-order valence-corrected chi connectivity index (χ1v) is 7.04. The molecule has 0 spiro atoms. The number of hydrogen-bond donors (Lipinski definition) is 1. The van der Waals surface area contributed by atoms with E-state index in [9.17, 15) is 0 Å². The SMILES string of the molecule is CCCNCc1cc(-c2cnn(C)c2C)ccc1OC. The minimum atomic E-state index is 0.824.